The zero-order valence-corrected chi connectivity index (χ0v) is 21.3. The number of aromatic nitrogens is 1. The molecule has 3 N–H and O–H groups in total. The highest BCUT2D eigenvalue weighted by molar-refractivity contribution is 5.98. The van der Waals surface area contributed by atoms with Gasteiger partial charge in [-0.25, -0.2) is 0 Å². The fourth-order valence-electron chi connectivity index (χ4n) is 5.81. The minimum Gasteiger partial charge on any atom is -0.492 e. The molecule has 0 aliphatic carbocycles. The first-order valence-corrected chi connectivity index (χ1v) is 12.2. The Labute approximate surface area is 212 Å². The predicted octanol–water partition coefficient (Wildman–Crippen LogP) is 3.80. The number of hydrogen-bond acceptors (Lipinski definition) is 5. The Morgan fingerprint density at radius 1 is 1.06 bits per heavy atom. The highest BCUT2D eigenvalue weighted by Gasteiger charge is 2.57. The van der Waals surface area contributed by atoms with Gasteiger partial charge in [0.05, 0.1) is 11.5 Å². The Hall–Kier alpha value is -3.71. The molecule has 2 amide bonds. The van der Waals surface area contributed by atoms with Crippen molar-refractivity contribution in [2.45, 2.75) is 45.2 Å². The second-order valence-corrected chi connectivity index (χ2v) is 9.97. The summed E-state index contributed by atoms with van der Waals surface area (Å²) in [6, 6.07) is 19.5. The first-order chi connectivity index (χ1) is 17.2. The molecule has 4 rings (SSSR count). The van der Waals surface area contributed by atoms with E-state index in [1.54, 1.807) is 11.1 Å². The summed E-state index contributed by atoms with van der Waals surface area (Å²) >= 11 is 0. The zero-order chi connectivity index (χ0) is 25.9. The third-order valence-corrected chi connectivity index (χ3v) is 7.22. The quantitative estimate of drug-likeness (QED) is 0.472. The maximum Gasteiger partial charge on any atom is 0.224 e. The lowest BCUT2D eigenvalue weighted by Gasteiger charge is -2.55. The highest BCUT2D eigenvalue weighted by Crippen LogP contribution is 2.54. The van der Waals surface area contributed by atoms with Gasteiger partial charge in [-0.1, -0.05) is 43.3 Å². The zero-order valence-electron chi connectivity index (χ0n) is 21.3. The molecule has 1 aliphatic heterocycles. The molecule has 2 heterocycles. The molecule has 0 radical (unpaired) electrons. The third-order valence-electron chi connectivity index (χ3n) is 7.22. The standard InChI is InChI=1S/C29H34N4O3/c1-20(34)33-25-10-6-5-9-24(25)29(4,26(27(30)35)28(33,2)3)22-11-13-23(14-12-22)36-17-16-32-19-21-8-7-15-31-18-21/h5-15,18,26,32H,16-17,19H2,1-4H3,(H2,30,35). The number of nitrogens with one attached hydrogen (secondary N) is 1. The fraction of sp³-hybridized carbons (Fsp3) is 0.345. The Morgan fingerprint density at radius 2 is 1.78 bits per heavy atom. The van der Waals surface area contributed by atoms with Gasteiger partial charge < -0.3 is 20.7 Å². The lowest BCUT2D eigenvalue weighted by molar-refractivity contribution is -0.127. The summed E-state index contributed by atoms with van der Waals surface area (Å²) < 4.78 is 5.93. The second kappa shape index (κ2) is 10.1. The molecular formula is C29H34N4O3. The monoisotopic (exact) mass is 486 g/mol. The second-order valence-electron chi connectivity index (χ2n) is 9.97. The van der Waals surface area contributed by atoms with Crippen molar-refractivity contribution in [3.05, 3.63) is 89.7 Å². The van der Waals surface area contributed by atoms with Crippen molar-refractivity contribution >= 4 is 17.5 Å². The number of para-hydroxylation sites is 1. The molecular weight excluding hydrogens is 452 g/mol. The molecule has 2 aromatic carbocycles. The molecule has 2 atom stereocenters. The number of pyridine rings is 1. The number of carbonyl (C=O) groups is 2. The molecule has 7 nitrogen and oxygen atoms in total. The number of rotatable bonds is 8. The van der Waals surface area contributed by atoms with Gasteiger partial charge in [-0.05, 0) is 54.8 Å². The number of primary amides is 1. The average Bonchev–Trinajstić information content (AvgIpc) is 2.84. The van der Waals surface area contributed by atoms with Gasteiger partial charge in [0.15, 0.2) is 0 Å². The number of hydrogen-bond donors (Lipinski definition) is 2. The summed E-state index contributed by atoms with van der Waals surface area (Å²) in [5.41, 5.74) is 8.24. The number of amides is 2. The first-order valence-electron chi connectivity index (χ1n) is 12.2. The number of ether oxygens (including phenoxy) is 1. The topological polar surface area (TPSA) is 97.6 Å². The summed E-state index contributed by atoms with van der Waals surface area (Å²) in [6.07, 6.45) is 3.60. The normalized spacial score (nSPS) is 20.4. The molecule has 1 aromatic heterocycles. The van der Waals surface area contributed by atoms with E-state index >= 15 is 0 Å². The molecule has 7 heteroatoms. The van der Waals surface area contributed by atoms with Crippen molar-refractivity contribution in [2.24, 2.45) is 11.7 Å². The Kier molecular flexibility index (Phi) is 7.13. The first kappa shape index (κ1) is 25.4. The molecule has 0 fully saturated rings. The third kappa shape index (κ3) is 4.58. The van der Waals surface area contributed by atoms with Gasteiger partial charge in [0.1, 0.15) is 12.4 Å². The van der Waals surface area contributed by atoms with Crippen molar-refractivity contribution in [2.75, 3.05) is 18.1 Å². The SMILES string of the molecule is CC(=O)N1c2ccccc2C(C)(c2ccc(OCCNCc3cccnc3)cc2)C(C(N)=O)C1(C)C. The molecule has 0 spiro atoms. The van der Waals surface area contributed by atoms with Crippen molar-refractivity contribution in [3.63, 3.8) is 0 Å². The lowest BCUT2D eigenvalue weighted by atomic mass is 9.57. The van der Waals surface area contributed by atoms with E-state index < -0.39 is 22.8 Å². The summed E-state index contributed by atoms with van der Waals surface area (Å²) in [4.78, 5) is 31.5. The Balaban J connectivity index is 1.57. The average molecular weight is 487 g/mol. The minimum atomic E-state index is -0.824. The van der Waals surface area contributed by atoms with Gasteiger partial charge >= 0.3 is 0 Å². The summed E-state index contributed by atoms with van der Waals surface area (Å²) in [7, 11) is 0. The van der Waals surface area contributed by atoms with Gasteiger partial charge in [0, 0.05) is 43.5 Å². The molecule has 2 unspecified atom stereocenters. The number of carbonyl (C=O) groups excluding carboxylic acids is 2. The van der Waals surface area contributed by atoms with Gasteiger partial charge in [-0.15, -0.1) is 0 Å². The number of nitrogens with zero attached hydrogens (tertiary/aromatic N) is 2. The van der Waals surface area contributed by atoms with Crippen LogP contribution in [0.2, 0.25) is 0 Å². The van der Waals surface area contributed by atoms with E-state index in [1.165, 1.54) is 6.92 Å². The van der Waals surface area contributed by atoms with Crippen LogP contribution in [0.25, 0.3) is 0 Å². The maximum absolute atomic E-state index is 13.0. The molecule has 0 saturated heterocycles. The van der Waals surface area contributed by atoms with Crippen LogP contribution in [-0.4, -0.2) is 35.5 Å². The summed E-state index contributed by atoms with van der Waals surface area (Å²) in [6.45, 7) is 9.33. The van der Waals surface area contributed by atoms with Crippen LogP contribution in [0, 0.1) is 5.92 Å². The maximum atomic E-state index is 13.0. The van der Waals surface area contributed by atoms with Crippen LogP contribution in [0.3, 0.4) is 0 Å². The molecule has 0 bridgehead atoms. The number of benzene rings is 2. The van der Waals surface area contributed by atoms with Crippen LogP contribution in [0.5, 0.6) is 5.75 Å². The van der Waals surface area contributed by atoms with Crippen molar-refractivity contribution < 1.29 is 14.3 Å². The summed E-state index contributed by atoms with van der Waals surface area (Å²) in [5, 5.41) is 3.34. The largest absolute Gasteiger partial charge is 0.492 e. The van der Waals surface area contributed by atoms with Crippen molar-refractivity contribution in [1.82, 2.24) is 10.3 Å². The van der Waals surface area contributed by atoms with Crippen LogP contribution in [-0.2, 0) is 21.5 Å². The van der Waals surface area contributed by atoms with E-state index in [-0.39, 0.29) is 5.91 Å². The highest BCUT2D eigenvalue weighted by atomic mass is 16.5. The molecule has 36 heavy (non-hydrogen) atoms. The van der Waals surface area contributed by atoms with E-state index in [2.05, 4.69) is 10.3 Å². The van der Waals surface area contributed by atoms with Crippen LogP contribution >= 0.6 is 0 Å². The van der Waals surface area contributed by atoms with Crippen LogP contribution in [0.15, 0.2) is 73.1 Å². The van der Waals surface area contributed by atoms with Gasteiger partial charge in [-0.3, -0.25) is 14.6 Å². The Bertz CT molecular complexity index is 1230. The molecule has 3 aromatic rings. The molecule has 0 saturated carbocycles. The number of nitrogens with two attached hydrogens (primary N) is 1. The van der Waals surface area contributed by atoms with Crippen LogP contribution in [0.4, 0.5) is 5.69 Å². The van der Waals surface area contributed by atoms with E-state index in [4.69, 9.17) is 10.5 Å². The van der Waals surface area contributed by atoms with Crippen molar-refractivity contribution in [1.29, 1.82) is 0 Å². The van der Waals surface area contributed by atoms with E-state index in [1.807, 2.05) is 87.6 Å². The minimum absolute atomic E-state index is 0.123. The Morgan fingerprint density at radius 3 is 2.42 bits per heavy atom. The van der Waals surface area contributed by atoms with Crippen LogP contribution in [0.1, 0.15) is 44.4 Å². The van der Waals surface area contributed by atoms with Gasteiger partial charge in [0.25, 0.3) is 0 Å². The lowest BCUT2D eigenvalue weighted by Crippen LogP contribution is -2.65. The van der Waals surface area contributed by atoms with E-state index in [0.29, 0.717) is 13.2 Å². The smallest absolute Gasteiger partial charge is 0.224 e. The number of fused-ring (bicyclic) bond motifs is 1. The van der Waals surface area contributed by atoms with E-state index in [0.717, 1.165) is 34.7 Å². The van der Waals surface area contributed by atoms with E-state index in [9.17, 15) is 9.59 Å². The predicted molar refractivity (Wildman–Crippen MR) is 141 cm³/mol. The van der Waals surface area contributed by atoms with Gasteiger partial charge in [-0.2, -0.15) is 0 Å². The number of anilines is 1. The molecule has 1 aliphatic rings. The van der Waals surface area contributed by atoms with Crippen molar-refractivity contribution in [3.8, 4) is 5.75 Å². The fourth-order valence-corrected chi connectivity index (χ4v) is 5.81. The summed E-state index contributed by atoms with van der Waals surface area (Å²) in [5.74, 6) is -0.466. The van der Waals surface area contributed by atoms with Crippen LogP contribution < -0.4 is 20.7 Å². The molecule has 188 valence electrons. The van der Waals surface area contributed by atoms with Gasteiger partial charge in [0.2, 0.25) is 11.8 Å².